The first-order valence-corrected chi connectivity index (χ1v) is 9.20. The quantitative estimate of drug-likeness (QED) is 0.671. The van der Waals surface area contributed by atoms with E-state index >= 15 is 0 Å². The number of rotatable bonds is 6. The van der Waals surface area contributed by atoms with E-state index in [0.29, 0.717) is 24.3 Å². The summed E-state index contributed by atoms with van der Waals surface area (Å²) in [5, 5.41) is 6.89. The van der Waals surface area contributed by atoms with Crippen molar-refractivity contribution in [3.63, 3.8) is 0 Å². The Morgan fingerprint density at radius 1 is 0.964 bits per heavy atom. The van der Waals surface area contributed by atoms with E-state index in [2.05, 4.69) is 10.5 Å². The molecule has 1 aliphatic rings. The largest absolute Gasteiger partial charge is 0.361 e. The van der Waals surface area contributed by atoms with Gasteiger partial charge in [0, 0.05) is 18.9 Å². The number of carbonyl (C=O) groups excluding carboxylic acids is 2. The summed E-state index contributed by atoms with van der Waals surface area (Å²) in [6, 6.07) is 20.8. The second kappa shape index (κ2) is 7.31. The van der Waals surface area contributed by atoms with Crippen molar-refractivity contribution >= 4 is 11.9 Å². The Bertz CT molecular complexity index is 941. The first-order chi connectivity index (χ1) is 13.6. The highest BCUT2D eigenvalue weighted by Gasteiger charge is 2.51. The van der Waals surface area contributed by atoms with Crippen molar-refractivity contribution in [2.45, 2.75) is 31.8 Å². The third-order valence-corrected chi connectivity index (χ3v) is 4.94. The monoisotopic (exact) mass is 375 g/mol. The van der Waals surface area contributed by atoms with Crippen LogP contribution in [-0.2, 0) is 24.2 Å². The van der Waals surface area contributed by atoms with Crippen LogP contribution in [0, 0.1) is 6.92 Å². The molecule has 1 aromatic heterocycles. The number of amides is 3. The number of benzene rings is 2. The van der Waals surface area contributed by atoms with Crippen molar-refractivity contribution in [2.24, 2.45) is 0 Å². The molecule has 1 fully saturated rings. The van der Waals surface area contributed by atoms with Crippen LogP contribution in [0.15, 0.2) is 71.3 Å². The Kier molecular flexibility index (Phi) is 4.69. The zero-order valence-electron chi connectivity index (χ0n) is 15.6. The van der Waals surface area contributed by atoms with Gasteiger partial charge in [0.2, 0.25) is 0 Å². The number of imide groups is 1. The highest BCUT2D eigenvalue weighted by molar-refractivity contribution is 6.07. The first kappa shape index (κ1) is 18.0. The lowest BCUT2D eigenvalue weighted by Crippen LogP contribution is -2.51. The molecule has 1 saturated heterocycles. The summed E-state index contributed by atoms with van der Waals surface area (Å²) >= 11 is 0. The van der Waals surface area contributed by atoms with Crippen molar-refractivity contribution in [3.05, 3.63) is 89.3 Å². The summed E-state index contributed by atoms with van der Waals surface area (Å²) in [7, 11) is 0. The predicted molar refractivity (Wildman–Crippen MR) is 103 cm³/mol. The molecule has 1 N–H and O–H groups in total. The molecule has 3 aromatic rings. The van der Waals surface area contributed by atoms with Crippen LogP contribution in [0.2, 0.25) is 0 Å². The Hall–Kier alpha value is -3.41. The molecule has 6 heteroatoms. The fourth-order valence-corrected chi connectivity index (χ4v) is 3.67. The minimum absolute atomic E-state index is 0.0906. The molecule has 142 valence electrons. The van der Waals surface area contributed by atoms with E-state index in [0.717, 1.165) is 11.1 Å². The third-order valence-electron chi connectivity index (χ3n) is 4.94. The molecule has 2 heterocycles. The van der Waals surface area contributed by atoms with Gasteiger partial charge in [-0.05, 0) is 18.1 Å². The average Bonchev–Trinajstić information content (AvgIpc) is 3.20. The van der Waals surface area contributed by atoms with Crippen LogP contribution < -0.4 is 5.32 Å². The van der Waals surface area contributed by atoms with Crippen LogP contribution in [0.3, 0.4) is 0 Å². The Labute approximate surface area is 163 Å². The summed E-state index contributed by atoms with van der Waals surface area (Å²) < 4.78 is 5.07. The van der Waals surface area contributed by atoms with E-state index in [1.54, 1.807) is 13.0 Å². The van der Waals surface area contributed by atoms with Gasteiger partial charge in [-0.25, -0.2) is 4.79 Å². The van der Waals surface area contributed by atoms with Crippen LogP contribution >= 0.6 is 0 Å². The van der Waals surface area contributed by atoms with Gasteiger partial charge in [0.1, 0.15) is 17.0 Å². The topological polar surface area (TPSA) is 75.4 Å². The van der Waals surface area contributed by atoms with E-state index in [9.17, 15) is 9.59 Å². The molecule has 2 aromatic carbocycles. The molecule has 1 aliphatic heterocycles. The van der Waals surface area contributed by atoms with Crippen molar-refractivity contribution < 1.29 is 14.1 Å². The fourth-order valence-electron chi connectivity index (χ4n) is 3.67. The number of urea groups is 1. The van der Waals surface area contributed by atoms with Gasteiger partial charge in [-0.1, -0.05) is 65.8 Å². The van der Waals surface area contributed by atoms with Gasteiger partial charge in [-0.3, -0.25) is 9.69 Å². The maximum absolute atomic E-state index is 13.4. The number of nitrogens with zero attached hydrogens (tertiary/aromatic N) is 2. The number of carbonyl (C=O) groups is 2. The Morgan fingerprint density at radius 2 is 1.54 bits per heavy atom. The van der Waals surface area contributed by atoms with E-state index in [1.807, 2.05) is 60.7 Å². The number of aryl methyl sites for hydroxylation is 1. The molecule has 0 bridgehead atoms. The lowest BCUT2D eigenvalue weighted by atomic mass is 9.84. The van der Waals surface area contributed by atoms with E-state index < -0.39 is 11.6 Å². The molecule has 4 rings (SSSR count). The molecule has 0 aliphatic carbocycles. The summed E-state index contributed by atoms with van der Waals surface area (Å²) in [5.74, 6) is 0.396. The first-order valence-electron chi connectivity index (χ1n) is 9.20. The van der Waals surface area contributed by atoms with Gasteiger partial charge in [-0.15, -0.1) is 0 Å². The number of hydrogen-bond donors (Lipinski definition) is 1. The second-order valence-corrected chi connectivity index (χ2v) is 7.16. The van der Waals surface area contributed by atoms with E-state index in [4.69, 9.17) is 4.52 Å². The molecular formula is C22H21N3O3. The van der Waals surface area contributed by atoms with Gasteiger partial charge in [0.05, 0.1) is 6.54 Å². The molecular weight excluding hydrogens is 354 g/mol. The lowest BCUT2D eigenvalue weighted by Gasteiger charge is -2.27. The minimum Gasteiger partial charge on any atom is -0.361 e. The van der Waals surface area contributed by atoms with Crippen LogP contribution in [0.25, 0.3) is 0 Å². The van der Waals surface area contributed by atoms with Gasteiger partial charge in [0.15, 0.2) is 0 Å². The van der Waals surface area contributed by atoms with Gasteiger partial charge in [0.25, 0.3) is 5.91 Å². The van der Waals surface area contributed by atoms with Gasteiger partial charge in [-0.2, -0.15) is 0 Å². The van der Waals surface area contributed by atoms with E-state index in [-0.39, 0.29) is 12.5 Å². The summed E-state index contributed by atoms with van der Waals surface area (Å²) in [4.78, 5) is 27.4. The summed E-state index contributed by atoms with van der Waals surface area (Å²) in [6.45, 7) is 1.87. The van der Waals surface area contributed by atoms with Gasteiger partial charge < -0.3 is 9.84 Å². The van der Waals surface area contributed by atoms with Crippen LogP contribution in [0.5, 0.6) is 0 Å². The number of nitrogens with one attached hydrogen (secondary N) is 1. The normalized spacial score (nSPS) is 15.7. The molecule has 0 saturated carbocycles. The molecule has 28 heavy (non-hydrogen) atoms. The zero-order chi connectivity index (χ0) is 19.6. The van der Waals surface area contributed by atoms with E-state index in [1.165, 1.54) is 4.90 Å². The molecule has 0 radical (unpaired) electrons. The zero-order valence-corrected chi connectivity index (χ0v) is 15.6. The molecule has 0 unspecified atom stereocenters. The fraction of sp³-hybridized carbons (Fsp3) is 0.227. The van der Waals surface area contributed by atoms with Crippen molar-refractivity contribution in [1.29, 1.82) is 0 Å². The third kappa shape index (κ3) is 3.53. The molecule has 0 atom stereocenters. The minimum atomic E-state index is -1.03. The van der Waals surface area contributed by atoms with Crippen molar-refractivity contribution in [3.8, 4) is 0 Å². The van der Waals surface area contributed by atoms with Gasteiger partial charge >= 0.3 is 6.03 Å². The van der Waals surface area contributed by atoms with Crippen molar-refractivity contribution in [1.82, 2.24) is 15.4 Å². The Morgan fingerprint density at radius 3 is 2.04 bits per heavy atom. The van der Waals surface area contributed by atoms with Crippen LogP contribution in [0.1, 0.15) is 22.6 Å². The maximum atomic E-state index is 13.4. The molecule has 0 spiro atoms. The smallest absolute Gasteiger partial charge is 0.325 e. The second-order valence-electron chi connectivity index (χ2n) is 7.16. The number of aromatic nitrogens is 1. The standard InChI is InChI=1S/C22H21N3O3/c1-16-12-19(24-28-16)15-25-20(26)22(23-21(25)27,13-17-8-4-2-5-9-17)14-18-10-6-3-7-11-18/h2-12H,13-15H2,1H3,(H,23,27). The lowest BCUT2D eigenvalue weighted by molar-refractivity contribution is -0.131. The Balaban J connectivity index is 1.66. The van der Waals surface area contributed by atoms with Crippen LogP contribution in [-0.4, -0.2) is 27.5 Å². The maximum Gasteiger partial charge on any atom is 0.325 e. The predicted octanol–water partition coefficient (Wildman–Crippen LogP) is 3.26. The SMILES string of the molecule is Cc1cc(CN2C(=O)NC(Cc3ccccc3)(Cc3ccccc3)C2=O)no1. The molecule has 3 amide bonds. The number of hydrogen-bond acceptors (Lipinski definition) is 4. The molecule has 6 nitrogen and oxygen atoms in total. The highest BCUT2D eigenvalue weighted by atomic mass is 16.5. The highest BCUT2D eigenvalue weighted by Crippen LogP contribution is 2.28. The average molecular weight is 375 g/mol. The van der Waals surface area contributed by atoms with Crippen molar-refractivity contribution in [2.75, 3.05) is 0 Å². The van der Waals surface area contributed by atoms with Crippen LogP contribution in [0.4, 0.5) is 4.79 Å². The summed E-state index contributed by atoms with van der Waals surface area (Å²) in [5.41, 5.74) is 1.51. The summed E-state index contributed by atoms with van der Waals surface area (Å²) in [6.07, 6.45) is 0.837.